The van der Waals surface area contributed by atoms with E-state index in [4.69, 9.17) is 0 Å². The summed E-state index contributed by atoms with van der Waals surface area (Å²) in [5, 5.41) is 0. The molecule has 3 rings (SSSR count). The fourth-order valence-corrected chi connectivity index (χ4v) is 3.98. The van der Waals surface area contributed by atoms with Crippen molar-refractivity contribution < 1.29 is 4.79 Å². The van der Waals surface area contributed by atoms with Gasteiger partial charge in [0.1, 0.15) is 0 Å². The summed E-state index contributed by atoms with van der Waals surface area (Å²) in [7, 11) is 0. The van der Waals surface area contributed by atoms with Gasteiger partial charge in [0.15, 0.2) is 0 Å². The van der Waals surface area contributed by atoms with Crippen LogP contribution >= 0.6 is 0 Å². The Morgan fingerprint density at radius 3 is 2.35 bits per heavy atom. The summed E-state index contributed by atoms with van der Waals surface area (Å²) in [5.74, 6) is 0.215. The van der Waals surface area contributed by atoms with Crippen molar-refractivity contribution in [2.45, 2.75) is 60.3 Å². The number of rotatable bonds is 3. The van der Waals surface area contributed by atoms with Crippen LogP contribution in [0.2, 0.25) is 0 Å². The Morgan fingerprint density at radius 1 is 1.13 bits per heavy atom. The lowest BCUT2D eigenvalue weighted by atomic mass is 9.95. The first-order valence-electron chi connectivity index (χ1n) is 8.37. The van der Waals surface area contributed by atoms with Crippen molar-refractivity contribution in [3.8, 4) is 0 Å². The monoisotopic (exact) mass is 312 g/mol. The molecule has 1 aliphatic heterocycles. The summed E-state index contributed by atoms with van der Waals surface area (Å²) in [6.45, 7) is 12.2. The highest BCUT2D eigenvalue weighted by Crippen LogP contribution is 2.34. The normalized spacial score (nSPS) is 15.7. The molecule has 0 aliphatic carbocycles. The maximum absolute atomic E-state index is 13.0. The Hall–Kier alpha value is -2.10. The fourth-order valence-electron chi connectivity index (χ4n) is 3.98. The van der Waals surface area contributed by atoms with Gasteiger partial charge in [0.05, 0.1) is 11.2 Å². The zero-order chi connectivity index (χ0) is 17.0. The van der Waals surface area contributed by atoms with Gasteiger partial charge in [0, 0.05) is 11.3 Å². The van der Waals surface area contributed by atoms with Crippen LogP contribution in [0.15, 0.2) is 16.4 Å². The molecule has 1 aliphatic rings. The van der Waals surface area contributed by atoms with Crippen LogP contribution in [0.1, 0.15) is 73.8 Å². The third-order valence-electron chi connectivity index (χ3n) is 5.40. The molecule has 1 atom stereocenters. The fraction of sp³-hybridized carbons (Fsp3) is 0.474. The first-order valence-corrected chi connectivity index (χ1v) is 8.37. The Kier molecular flexibility index (Phi) is 3.58. The van der Waals surface area contributed by atoms with Gasteiger partial charge in [-0.05, 0) is 62.3 Å². The van der Waals surface area contributed by atoms with Gasteiger partial charge in [-0.3, -0.25) is 9.20 Å². The number of carbonyl (C=O) groups is 1. The minimum absolute atomic E-state index is 0.181. The molecule has 3 heterocycles. The van der Waals surface area contributed by atoms with E-state index in [1.54, 1.807) is 4.40 Å². The SMILES string of the molecule is CCC1=C(C)C(=O)n2c1cc1c(C)c([C@@H](C)CC)c(C)n1c2=O. The smallest absolute Gasteiger partial charge is 0.269 e. The van der Waals surface area contributed by atoms with E-state index in [1.165, 1.54) is 10.1 Å². The van der Waals surface area contributed by atoms with Gasteiger partial charge >= 0.3 is 5.69 Å². The number of nitrogens with zero attached hydrogens (tertiary/aromatic N) is 2. The Bertz CT molecular complexity index is 925. The molecule has 2 aromatic rings. The Labute approximate surface area is 136 Å². The van der Waals surface area contributed by atoms with Gasteiger partial charge in [-0.2, -0.15) is 0 Å². The van der Waals surface area contributed by atoms with Crippen LogP contribution in [0, 0.1) is 13.8 Å². The highest BCUT2D eigenvalue weighted by atomic mass is 16.2. The van der Waals surface area contributed by atoms with Crippen molar-refractivity contribution in [3.63, 3.8) is 0 Å². The van der Waals surface area contributed by atoms with E-state index in [-0.39, 0.29) is 11.6 Å². The van der Waals surface area contributed by atoms with Crippen LogP contribution in [0.4, 0.5) is 0 Å². The zero-order valence-electron chi connectivity index (χ0n) is 14.8. The predicted molar refractivity (Wildman–Crippen MR) is 93.3 cm³/mol. The van der Waals surface area contributed by atoms with Gasteiger partial charge < -0.3 is 0 Å². The van der Waals surface area contributed by atoms with Crippen LogP contribution in [0.3, 0.4) is 0 Å². The zero-order valence-corrected chi connectivity index (χ0v) is 14.8. The van der Waals surface area contributed by atoms with Crippen molar-refractivity contribution in [2.24, 2.45) is 0 Å². The van der Waals surface area contributed by atoms with Crippen molar-refractivity contribution in [1.82, 2.24) is 8.97 Å². The molecule has 122 valence electrons. The number of carbonyl (C=O) groups excluding carboxylic acids is 1. The first kappa shape index (κ1) is 15.8. The quantitative estimate of drug-likeness (QED) is 0.857. The third kappa shape index (κ3) is 1.90. The number of fused-ring (bicyclic) bond motifs is 2. The van der Waals surface area contributed by atoms with E-state index in [1.807, 2.05) is 26.8 Å². The molecule has 0 spiro atoms. The van der Waals surface area contributed by atoms with Gasteiger partial charge in [-0.25, -0.2) is 9.36 Å². The molecule has 0 bridgehead atoms. The second-order valence-electron chi connectivity index (χ2n) is 6.56. The Balaban J connectivity index is 2.46. The average molecular weight is 312 g/mol. The number of aryl methyl sites for hydroxylation is 2. The van der Waals surface area contributed by atoms with Gasteiger partial charge in [0.2, 0.25) is 0 Å². The van der Waals surface area contributed by atoms with E-state index < -0.39 is 0 Å². The van der Waals surface area contributed by atoms with Crippen LogP contribution < -0.4 is 5.69 Å². The number of allylic oxidation sites excluding steroid dienone is 2. The third-order valence-corrected chi connectivity index (χ3v) is 5.40. The second kappa shape index (κ2) is 5.22. The molecule has 0 amide bonds. The molecule has 0 saturated carbocycles. The lowest BCUT2D eigenvalue weighted by molar-refractivity contribution is 0.0955. The maximum atomic E-state index is 13.0. The average Bonchev–Trinajstić information content (AvgIpc) is 2.92. The molecule has 23 heavy (non-hydrogen) atoms. The summed E-state index contributed by atoms with van der Waals surface area (Å²) >= 11 is 0. The van der Waals surface area contributed by atoms with E-state index >= 15 is 0 Å². The molecule has 0 saturated heterocycles. The molecular weight excluding hydrogens is 288 g/mol. The highest BCUT2D eigenvalue weighted by Gasteiger charge is 2.30. The lowest BCUT2D eigenvalue weighted by Crippen LogP contribution is -2.31. The van der Waals surface area contributed by atoms with Gasteiger partial charge in [-0.15, -0.1) is 0 Å². The largest absolute Gasteiger partial charge is 0.340 e. The summed E-state index contributed by atoms with van der Waals surface area (Å²) in [4.78, 5) is 25.5. The maximum Gasteiger partial charge on any atom is 0.340 e. The van der Waals surface area contributed by atoms with Gasteiger partial charge in [-0.1, -0.05) is 20.8 Å². The highest BCUT2D eigenvalue weighted by molar-refractivity contribution is 6.08. The topological polar surface area (TPSA) is 43.5 Å². The Morgan fingerprint density at radius 2 is 1.78 bits per heavy atom. The minimum atomic E-state index is -0.236. The summed E-state index contributed by atoms with van der Waals surface area (Å²) in [6, 6.07) is 2.02. The second-order valence-corrected chi connectivity index (χ2v) is 6.56. The summed E-state index contributed by atoms with van der Waals surface area (Å²) in [6.07, 6.45) is 1.78. The molecule has 2 aromatic heterocycles. The van der Waals surface area contributed by atoms with Crippen molar-refractivity contribution in [3.05, 3.63) is 44.6 Å². The van der Waals surface area contributed by atoms with E-state index in [2.05, 4.69) is 20.8 Å². The molecule has 0 N–H and O–H groups in total. The molecule has 0 radical (unpaired) electrons. The van der Waals surface area contributed by atoms with Gasteiger partial charge in [0.25, 0.3) is 5.91 Å². The van der Waals surface area contributed by atoms with E-state index in [0.717, 1.165) is 40.9 Å². The molecular formula is C19H24N2O2. The van der Waals surface area contributed by atoms with Crippen LogP contribution in [-0.4, -0.2) is 14.9 Å². The van der Waals surface area contributed by atoms with Crippen molar-refractivity contribution >= 4 is 17.0 Å². The van der Waals surface area contributed by atoms with Crippen LogP contribution in [-0.2, 0) is 0 Å². The number of hydrogen-bond donors (Lipinski definition) is 0. The molecule has 0 fully saturated rings. The number of aromatic nitrogens is 2. The molecule has 4 nitrogen and oxygen atoms in total. The summed E-state index contributed by atoms with van der Waals surface area (Å²) in [5.41, 5.74) is 6.49. The molecule has 0 aromatic carbocycles. The standard InChI is InChI=1S/C19H24N2O2/c1-7-10(3)17-12(5)15-9-16-14(8-2)11(4)18(22)21(16)19(23)20(15)13(17)6/h9-10H,7-8H2,1-6H3/t10-/m0/s1. The number of hydrogen-bond acceptors (Lipinski definition) is 2. The van der Waals surface area contributed by atoms with Crippen LogP contribution in [0.5, 0.6) is 0 Å². The minimum Gasteiger partial charge on any atom is -0.269 e. The first-order chi connectivity index (χ1) is 10.8. The van der Waals surface area contributed by atoms with Crippen molar-refractivity contribution in [2.75, 3.05) is 0 Å². The lowest BCUT2D eigenvalue weighted by Gasteiger charge is -2.09. The van der Waals surface area contributed by atoms with Crippen molar-refractivity contribution in [1.29, 1.82) is 0 Å². The van der Waals surface area contributed by atoms with Crippen LogP contribution in [0.25, 0.3) is 11.1 Å². The van der Waals surface area contributed by atoms with E-state index in [0.29, 0.717) is 11.5 Å². The summed E-state index contributed by atoms with van der Waals surface area (Å²) < 4.78 is 3.05. The predicted octanol–water partition coefficient (Wildman–Crippen LogP) is 4.07. The molecule has 4 heteroatoms. The van der Waals surface area contributed by atoms with E-state index in [9.17, 15) is 9.59 Å². The molecule has 0 unspecified atom stereocenters.